The summed E-state index contributed by atoms with van der Waals surface area (Å²) in [5, 5.41) is 7.78. The molecule has 6 aromatic rings. The number of carbonyl (C=O) groups excluding carboxylic acids is 2. The molecular formula is C46H46F4N2O4. The van der Waals surface area contributed by atoms with Gasteiger partial charge in [-0.1, -0.05) is 80.2 Å². The highest BCUT2D eigenvalue weighted by Gasteiger charge is 2.41. The third-order valence-corrected chi connectivity index (χ3v) is 10.4. The number of rotatable bonds is 15. The van der Waals surface area contributed by atoms with Crippen LogP contribution in [-0.2, 0) is 16.2 Å². The van der Waals surface area contributed by atoms with E-state index in [1.807, 2.05) is 81.4 Å². The molecule has 10 heteroatoms. The molecule has 0 radical (unpaired) electrons. The molecule has 0 aliphatic heterocycles. The van der Waals surface area contributed by atoms with Gasteiger partial charge in [-0.15, -0.1) is 0 Å². The maximum absolute atomic E-state index is 14.2. The minimum atomic E-state index is -4.32. The van der Waals surface area contributed by atoms with Gasteiger partial charge in [0.15, 0.2) is 12.4 Å². The van der Waals surface area contributed by atoms with Crippen LogP contribution in [0.5, 0.6) is 5.75 Å². The van der Waals surface area contributed by atoms with Crippen LogP contribution in [0, 0.1) is 26.7 Å². The monoisotopic (exact) mass is 766 g/mol. The quantitative estimate of drug-likeness (QED) is 0.0343. The van der Waals surface area contributed by atoms with Gasteiger partial charge < -0.3 is 14.1 Å². The molecule has 0 bridgehead atoms. The summed E-state index contributed by atoms with van der Waals surface area (Å²) in [5.74, 6) is -4.67. The van der Waals surface area contributed by atoms with Gasteiger partial charge in [0.1, 0.15) is 11.5 Å². The Morgan fingerprint density at radius 1 is 0.821 bits per heavy atom. The number of hydrogen-bond acceptors (Lipinski definition) is 5. The Labute approximate surface area is 324 Å². The summed E-state index contributed by atoms with van der Waals surface area (Å²) in [4.78, 5) is 31.6. The standard InChI is InChI=1S/C46H46F4N2O4/c1-7-9-12-31(8-2)25-52-40-20-17-33(44(54)41-28(4)21-27(3)22-29(41)5)23-37(40)39-24-38(35-13-10-11-14-36(35)43(39)52)42(51-56-30(6)53)32-15-18-34(19-16-32)55-26-46(49,50)45(47)48/h10-11,13-24,31,45H,7-9,12,25-26H2,1-6H3. The number of fused-ring (bicyclic) bond motifs is 5. The number of benzene rings is 5. The molecule has 0 aliphatic rings. The number of aryl methyl sites for hydroxylation is 3. The van der Waals surface area contributed by atoms with E-state index in [4.69, 9.17) is 9.57 Å². The van der Waals surface area contributed by atoms with Crippen molar-refractivity contribution in [3.05, 3.63) is 124 Å². The van der Waals surface area contributed by atoms with Crippen LogP contribution in [0.2, 0.25) is 0 Å². The zero-order valence-corrected chi connectivity index (χ0v) is 32.5. The van der Waals surface area contributed by atoms with Crippen molar-refractivity contribution in [2.45, 2.75) is 86.1 Å². The van der Waals surface area contributed by atoms with Gasteiger partial charge in [-0.2, -0.15) is 8.78 Å². The van der Waals surface area contributed by atoms with Crippen LogP contribution in [0.25, 0.3) is 32.6 Å². The fourth-order valence-electron chi connectivity index (χ4n) is 7.67. The molecule has 5 aromatic carbocycles. The molecule has 0 spiro atoms. The van der Waals surface area contributed by atoms with Gasteiger partial charge >= 0.3 is 18.3 Å². The first kappa shape index (κ1) is 40.2. The van der Waals surface area contributed by atoms with Crippen molar-refractivity contribution in [1.29, 1.82) is 0 Å². The van der Waals surface area contributed by atoms with Gasteiger partial charge in [0, 0.05) is 57.4 Å². The summed E-state index contributed by atoms with van der Waals surface area (Å²) in [6, 6.07) is 25.7. The van der Waals surface area contributed by atoms with Gasteiger partial charge in [0.2, 0.25) is 0 Å². The number of aromatic nitrogens is 1. The van der Waals surface area contributed by atoms with Crippen LogP contribution < -0.4 is 4.74 Å². The molecule has 0 saturated carbocycles. The van der Waals surface area contributed by atoms with Crippen molar-refractivity contribution in [3.8, 4) is 5.75 Å². The second-order valence-corrected chi connectivity index (χ2v) is 14.6. The lowest BCUT2D eigenvalue weighted by Crippen LogP contribution is -2.33. The van der Waals surface area contributed by atoms with Crippen LogP contribution in [0.15, 0.2) is 90.1 Å². The Morgan fingerprint density at radius 3 is 2.11 bits per heavy atom. The number of unbranched alkanes of at least 4 members (excludes halogenated alkanes) is 1. The molecule has 56 heavy (non-hydrogen) atoms. The van der Waals surface area contributed by atoms with Crippen LogP contribution in [-0.4, -0.2) is 41.0 Å². The summed E-state index contributed by atoms with van der Waals surface area (Å²) >= 11 is 0. The van der Waals surface area contributed by atoms with Gasteiger partial charge in [-0.05, 0) is 98.2 Å². The van der Waals surface area contributed by atoms with Crippen LogP contribution in [0.3, 0.4) is 0 Å². The predicted molar refractivity (Wildman–Crippen MR) is 215 cm³/mol. The zero-order valence-electron chi connectivity index (χ0n) is 32.5. The van der Waals surface area contributed by atoms with E-state index in [-0.39, 0.29) is 17.2 Å². The smallest absolute Gasteiger partial charge is 0.340 e. The highest BCUT2D eigenvalue weighted by atomic mass is 19.3. The molecule has 0 N–H and O–H groups in total. The lowest BCUT2D eigenvalue weighted by atomic mass is 9.91. The van der Waals surface area contributed by atoms with Crippen LogP contribution in [0.4, 0.5) is 17.6 Å². The fraction of sp³-hybridized carbons (Fsp3) is 0.326. The predicted octanol–water partition coefficient (Wildman–Crippen LogP) is 11.9. The lowest BCUT2D eigenvalue weighted by molar-refractivity contribution is -0.148. The normalized spacial score (nSPS) is 12.9. The third kappa shape index (κ3) is 8.20. The molecule has 1 heterocycles. The number of hydrogen-bond donors (Lipinski definition) is 0. The highest BCUT2D eigenvalue weighted by molar-refractivity contribution is 6.27. The number of ketones is 1. The third-order valence-electron chi connectivity index (χ3n) is 10.4. The number of carbonyl (C=O) groups is 2. The average molecular weight is 767 g/mol. The van der Waals surface area contributed by atoms with E-state index in [9.17, 15) is 27.2 Å². The Bertz CT molecular complexity index is 2430. The van der Waals surface area contributed by atoms with Gasteiger partial charge in [-0.25, -0.2) is 13.6 Å². The van der Waals surface area contributed by atoms with Crippen LogP contribution in [0.1, 0.15) is 90.2 Å². The van der Waals surface area contributed by atoms with E-state index in [1.54, 1.807) is 12.1 Å². The summed E-state index contributed by atoms with van der Waals surface area (Å²) in [7, 11) is 0. The fourth-order valence-corrected chi connectivity index (χ4v) is 7.67. The zero-order chi connectivity index (χ0) is 40.3. The van der Waals surface area contributed by atoms with Crippen molar-refractivity contribution in [1.82, 2.24) is 4.57 Å². The Balaban J connectivity index is 1.59. The largest absolute Gasteiger partial charge is 0.487 e. The second-order valence-electron chi connectivity index (χ2n) is 14.6. The molecule has 0 aliphatic carbocycles. The molecule has 1 atom stereocenters. The van der Waals surface area contributed by atoms with E-state index in [1.165, 1.54) is 19.1 Å². The maximum atomic E-state index is 14.2. The first-order valence-electron chi connectivity index (χ1n) is 19.0. The van der Waals surface area contributed by atoms with Gasteiger partial charge in [0.05, 0.1) is 5.52 Å². The Hall–Kier alpha value is -5.51. The van der Waals surface area contributed by atoms with Crippen molar-refractivity contribution in [2.24, 2.45) is 11.1 Å². The number of oxime groups is 1. The van der Waals surface area contributed by atoms with Crippen molar-refractivity contribution in [3.63, 3.8) is 0 Å². The summed E-state index contributed by atoms with van der Waals surface area (Å²) in [6.45, 7) is 10.8. The van der Waals surface area contributed by atoms with Gasteiger partial charge in [0.25, 0.3) is 0 Å². The van der Waals surface area contributed by atoms with E-state index in [2.05, 4.69) is 23.6 Å². The van der Waals surface area contributed by atoms with E-state index >= 15 is 0 Å². The number of halogens is 4. The first-order chi connectivity index (χ1) is 26.7. The minimum Gasteiger partial charge on any atom is -0.487 e. The summed E-state index contributed by atoms with van der Waals surface area (Å²) in [6.07, 6.45) is 0.416. The molecule has 0 saturated heterocycles. The summed E-state index contributed by atoms with van der Waals surface area (Å²) < 4.78 is 60.1. The molecule has 1 unspecified atom stereocenters. The van der Waals surface area contributed by atoms with E-state index in [0.29, 0.717) is 28.2 Å². The van der Waals surface area contributed by atoms with E-state index in [0.717, 1.165) is 81.5 Å². The number of alkyl halides is 4. The van der Waals surface area contributed by atoms with E-state index < -0.39 is 24.9 Å². The van der Waals surface area contributed by atoms with Crippen molar-refractivity contribution in [2.75, 3.05) is 6.61 Å². The van der Waals surface area contributed by atoms with Crippen molar-refractivity contribution < 1.29 is 36.7 Å². The Morgan fingerprint density at radius 2 is 1.48 bits per heavy atom. The second kappa shape index (κ2) is 16.7. The first-order valence-corrected chi connectivity index (χ1v) is 19.0. The number of ether oxygens (including phenoxy) is 1. The molecule has 292 valence electrons. The molecule has 0 fully saturated rings. The van der Waals surface area contributed by atoms with Crippen LogP contribution >= 0.6 is 0 Å². The SMILES string of the molecule is CCCCC(CC)Cn1c2ccc(C(=O)c3c(C)cc(C)cc3C)cc2c2cc(C(=NOC(C)=O)c3ccc(OCC(F)(F)C(F)F)cc3)c3ccccc3c21. The minimum absolute atomic E-state index is 0.0471. The summed E-state index contributed by atoms with van der Waals surface area (Å²) in [5.41, 5.74) is 7.47. The van der Waals surface area contributed by atoms with Gasteiger partial charge in [-0.3, -0.25) is 4.79 Å². The molecule has 6 rings (SSSR count). The average Bonchev–Trinajstić information content (AvgIpc) is 3.47. The lowest BCUT2D eigenvalue weighted by Gasteiger charge is -2.19. The Kier molecular flexibility index (Phi) is 12.0. The molecular weight excluding hydrogens is 721 g/mol. The number of nitrogens with zero attached hydrogens (tertiary/aromatic N) is 2. The molecule has 0 amide bonds. The maximum Gasteiger partial charge on any atom is 0.340 e. The van der Waals surface area contributed by atoms with Crippen molar-refractivity contribution >= 4 is 50.0 Å². The highest BCUT2D eigenvalue weighted by Crippen LogP contribution is 2.39. The topological polar surface area (TPSA) is 69.9 Å². The molecule has 6 nitrogen and oxygen atoms in total. The molecule has 1 aromatic heterocycles.